The maximum Gasteiger partial charge on any atom is 0.240 e. The summed E-state index contributed by atoms with van der Waals surface area (Å²) in [7, 11) is 0. The number of aromatic carboxylic acids is 1. The van der Waals surface area contributed by atoms with Crippen molar-refractivity contribution in [1.82, 2.24) is 5.43 Å². The van der Waals surface area contributed by atoms with E-state index in [9.17, 15) is 14.7 Å². The molecular formula is C21H17N2O4-. The van der Waals surface area contributed by atoms with E-state index in [4.69, 9.17) is 4.42 Å². The van der Waals surface area contributed by atoms with Crippen LogP contribution in [0.1, 0.15) is 28.1 Å². The van der Waals surface area contributed by atoms with E-state index in [2.05, 4.69) is 10.5 Å². The van der Waals surface area contributed by atoms with Crippen molar-refractivity contribution in [1.29, 1.82) is 0 Å². The average Bonchev–Trinajstić information content (AvgIpc) is 3.16. The predicted octanol–water partition coefficient (Wildman–Crippen LogP) is 2.39. The van der Waals surface area contributed by atoms with Gasteiger partial charge in [0.15, 0.2) is 0 Å². The number of carbonyl (C=O) groups excluding carboxylic acids is 2. The normalized spacial score (nSPS) is 10.8. The zero-order valence-corrected chi connectivity index (χ0v) is 14.4. The number of amides is 1. The van der Waals surface area contributed by atoms with Crippen LogP contribution in [0, 0.1) is 0 Å². The van der Waals surface area contributed by atoms with Crippen LogP contribution in [0.4, 0.5) is 0 Å². The Morgan fingerprint density at radius 1 is 1.00 bits per heavy atom. The predicted molar refractivity (Wildman–Crippen MR) is 99.0 cm³/mol. The lowest BCUT2D eigenvalue weighted by molar-refractivity contribution is -0.255. The van der Waals surface area contributed by atoms with Crippen LogP contribution in [0.5, 0.6) is 0 Å². The molecule has 1 aromatic heterocycles. The third-order valence-electron chi connectivity index (χ3n) is 3.90. The minimum Gasteiger partial charge on any atom is -0.545 e. The highest BCUT2D eigenvalue weighted by Crippen LogP contribution is 2.21. The van der Waals surface area contributed by atoms with E-state index in [0.29, 0.717) is 24.4 Å². The molecule has 0 aliphatic carbocycles. The summed E-state index contributed by atoms with van der Waals surface area (Å²) in [4.78, 5) is 22.6. The standard InChI is InChI=1S/C21H18N2O4/c24-20(13-6-15-4-2-1-3-5-15)23-22-14-18-11-12-19(27-18)16-7-9-17(10-8-16)21(25)26/h1-5,7-12,14H,6,13H2,(H,23,24)(H,25,26)/p-1/b22-14-. The first-order valence-corrected chi connectivity index (χ1v) is 8.39. The second kappa shape index (κ2) is 8.62. The Hall–Kier alpha value is -3.67. The van der Waals surface area contributed by atoms with Crippen molar-refractivity contribution in [2.75, 3.05) is 0 Å². The van der Waals surface area contributed by atoms with E-state index in [0.717, 1.165) is 11.1 Å². The summed E-state index contributed by atoms with van der Waals surface area (Å²) in [5.74, 6) is -0.370. The third kappa shape index (κ3) is 5.15. The molecule has 0 fully saturated rings. The quantitative estimate of drug-likeness (QED) is 0.516. The van der Waals surface area contributed by atoms with E-state index in [1.165, 1.54) is 18.3 Å². The SMILES string of the molecule is O=C(CCc1ccccc1)N/N=C\c1ccc(-c2ccc(C(=O)[O-])cc2)o1. The summed E-state index contributed by atoms with van der Waals surface area (Å²) in [6, 6.07) is 19.4. The molecule has 27 heavy (non-hydrogen) atoms. The lowest BCUT2D eigenvalue weighted by Gasteiger charge is -2.02. The summed E-state index contributed by atoms with van der Waals surface area (Å²) in [5.41, 5.74) is 4.39. The van der Waals surface area contributed by atoms with Crippen LogP contribution in [0.3, 0.4) is 0 Å². The number of rotatable bonds is 7. The second-order valence-corrected chi connectivity index (χ2v) is 5.85. The fourth-order valence-corrected chi connectivity index (χ4v) is 2.47. The van der Waals surface area contributed by atoms with Crippen molar-refractivity contribution in [3.05, 3.63) is 83.6 Å². The van der Waals surface area contributed by atoms with E-state index in [1.807, 2.05) is 30.3 Å². The molecule has 6 nitrogen and oxygen atoms in total. The van der Waals surface area contributed by atoms with Gasteiger partial charge in [-0.15, -0.1) is 0 Å². The second-order valence-electron chi connectivity index (χ2n) is 5.85. The van der Waals surface area contributed by atoms with Gasteiger partial charge in [0, 0.05) is 12.0 Å². The molecule has 0 aliphatic rings. The van der Waals surface area contributed by atoms with Gasteiger partial charge < -0.3 is 14.3 Å². The minimum atomic E-state index is -1.23. The lowest BCUT2D eigenvalue weighted by Crippen LogP contribution is -2.21. The average molecular weight is 361 g/mol. The Kier molecular flexibility index (Phi) is 5.79. The lowest BCUT2D eigenvalue weighted by atomic mass is 10.1. The topological polar surface area (TPSA) is 94.7 Å². The van der Waals surface area contributed by atoms with E-state index in [1.54, 1.807) is 24.3 Å². The van der Waals surface area contributed by atoms with Crippen molar-refractivity contribution in [3.63, 3.8) is 0 Å². The van der Waals surface area contributed by atoms with E-state index >= 15 is 0 Å². The number of carboxylic acids is 1. The number of carbonyl (C=O) groups is 2. The van der Waals surface area contributed by atoms with Crippen molar-refractivity contribution in [2.24, 2.45) is 5.10 Å². The number of benzene rings is 2. The van der Waals surface area contributed by atoms with Crippen LogP contribution in [0.2, 0.25) is 0 Å². The monoisotopic (exact) mass is 361 g/mol. The minimum absolute atomic E-state index is 0.102. The number of hydrogen-bond acceptors (Lipinski definition) is 5. The number of aryl methyl sites for hydroxylation is 1. The highest BCUT2D eigenvalue weighted by Gasteiger charge is 2.05. The van der Waals surface area contributed by atoms with Gasteiger partial charge in [-0.3, -0.25) is 4.79 Å². The molecule has 0 unspecified atom stereocenters. The van der Waals surface area contributed by atoms with Crippen LogP contribution in [0.25, 0.3) is 11.3 Å². The number of carboxylic acid groups (broad SMARTS) is 1. The van der Waals surface area contributed by atoms with Crippen molar-refractivity contribution in [2.45, 2.75) is 12.8 Å². The molecule has 0 atom stereocenters. The molecule has 0 radical (unpaired) electrons. The van der Waals surface area contributed by atoms with Gasteiger partial charge in [-0.05, 0) is 29.7 Å². The molecule has 0 saturated heterocycles. The van der Waals surface area contributed by atoms with Gasteiger partial charge in [-0.2, -0.15) is 5.10 Å². The van der Waals surface area contributed by atoms with Crippen LogP contribution >= 0.6 is 0 Å². The van der Waals surface area contributed by atoms with Gasteiger partial charge in [0.2, 0.25) is 5.91 Å². The Morgan fingerprint density at radius 2 is 1.74 bits per heavy atom. The molecule has 2 aromatic carbocycles. The summed E-state index contributed by atoms with van der Waals surface area (Å²) in [5, 5.41) is 14.7. The third-order valence-corrected chi connectivity index (χ3v) is 3.90. The Bertz CT molecular complexity index is 944. The van der Waals surface area contributed by atoms with E-state index < -0.39 is 5.97 Å². The van der Waals surface area contributed by atoms with Gasteiger partial charge in [0.05, 0.1) is 12.2 Å². The molecule has 0 aliphatic heterocycles. The first-order chi connectivity index (χ1) is 13.1. The smallest absolute Gasteiger partial charge is 0.240 e. The van der Waals surface area contributed by atoms with Gasteiger partial charge >= 0.3 is 0 Å². The first-order valence-electron chi connectivity index (χ1n) is 8.39. The van der Waals surface area contributed by atoms with Crippen molar-refractivity contribution >= 4 is 18.1 Å². The number of nitrogens with zero attached hydrogens (tertiary/aromatic N) is 1. The summed E-state index contributed by atoms with van der Waals surface area (Å²) < 4.78 is 5.62. The fraction of sp³-hybridized carbons (Fsp3) is 0.0952. The van der Waals surface area contributed by atoms with Gasteiger partial charge in [-0.25, -0.2) is 5.43 Å². The summed E-state index contributed by atoms with van der Waals surface area (Å²) >= 11 is 0. The number of hydrogen-bond donors (Lipinski definition) is 1. The van der Waals surface area contributed by atoms with Crippen molar-refractivity contribution < 1.29 is 19.1 Å². The molecule has 0 spiro atoms. The molecule has 0 bridgehead atoms. The van der Waals surface area contributed by atoms with Crippen LogP contribution < -0.4 is 10.5 Å². The summed E-state index contributed by atoms with van der Waals surface area (Å²) in [6.45, 7) is 0. The van der Waals surface area contributed by atoms with Crippen LogP contribution in [0.15, 0.2) is 76.2 Å². The van der Waals surface area contributed by atoms with Crippen LogP contribution in [-0.2, 0) is 11.2 Å². The summed E-state index contributed by atoms with van der Waals surface area (Å²) in [6.07, 6.45) is 2.41. The van der Waals surface area contributed by atoms with Gasteiger partial charge in [0.25, 0.3) is 0 Å². The molecule has 1 amide bonds. The first kappa shape index (κ1) is 18.1. The number of nitrogens with one attached hydrogen (secondary N) is 1. The molecule has 0 saturated carbocycles. The number of furan rings is 1. The zero-order chi connectivity index (χ0) is 19.1. The Labute approximate surface area is 156 Å². The Balaban J connectivity index is 1.52. The molecule has 136 valence electrons. The molecule has 6 heteroatoms. The van der Waals surface area contributed by atoms with Crippen LogP contribution in [-0.4, -0.2) is 18.1 Å². The Morgan fingerprint density at radius 3 is 2.44 bits per heavy atom. The van der Waals surface area contributed by atoms with Gasteiger partial charge in [0.1, 0.15) is 11.5 Å². The highest BCUT2D eigenvalue weighted by molar-refractivity contribution is 5.86. The molecule has 1 heterocycles. The molecule has 1 N–H and O–H groups in total. The molecule has 3 rings (SSSR count). The number of hydrazone groups is 1. The maximum absolute atomic E-state index is 11.8. The van der Waals surface area contributed by atoms with Gasteiger partial charge in [-0.1, -0.05) is 54.6 Å². The fourth-order valence-electron chi connectivity index (χ4n) is 2.47. The molecular weight excluding hydrogens is 344 g/mol. The highest BCUT2D eigenvalue weighted by atomic mass is 16.4. The van der Waals surface area contributed by atoms with E-state index in [-0.39, 0.29) is 11.5 Å². The zero-order valence-electron chi connectivity index (χ0n) is 14.4. The van der Waals surface area contributed by atoms with Crippen molar-refractivity contribution in [3.8, 4) is 11.3 Å². The largest absolute Gasteiger partial charge is 0.545 e. The maximum atomic E-state index is 11.8. The molecule has 3 aromatic rings.